The summed E-state index contributed by atoms with van der Waals surface area (Å²) < 4.78 is 0. The summed E-state index contributed by atoms with van der Waals surface area (Å²) >= 11 is 0. The van der Waals surface area contributed by atoms with Crippen molar-refractivity contribution < 1.29 is 20.1 Å². The first-order valence-corrected chi connectivity index (χ1v) is 9.64. The van der Waals surface area contributed by atoms with Gasteiger partial charge >= 0.3 is 5.97 Å². The molecule has 0 aromatic rings. The second-order valence-corrected chi connectivity index (χ2v) is 9.24. The minimum Gasteiger partial charge on any atom is -0.481 e. The fourth-order valence-electron chi connectivity index (χ4n) is 5.82. The number of hydrogen-bond donors (Lipinski definition) is 3. The van der Waals surface area contributed by atoms with Crippen LogP contribution in [0.2, 0.25) is 0 Å². The van der Waals surface area contributed by atoms with E-state index in [1.165, 1.54) is 0 Å². The highest BCUT2D eigenvalue weighted by Gasteiger charge is 2.61. The Bertz CT molecular complexity index is 465. The molecule has 2 fully saturated rings. The van der Waals surface area contributed by atoms with Crippen molar-refractivity contribution in [2.24, 2.45) is 28.6 Å². The Kier molecular flexibility index (Phi) is 5.71. The van der Waals surface area contributed by atoms with Gasteiger partial charge in [-0.1, -0.05) is 34.1 Å². The van der Waals surface area contributed by atoms with Crippen LogP contribution in [0.15, 0.2) is 0 Å². The SMILES string of the molecule is CC(CCC1(C)C(C)CCC2(C)C1CCCC2(O)CO)CC(=O)O. The summed E-state index contributed by atoms with van der Waals surface area (Å²) in [5, 5.41) is 30.0. The van der Waals surface area contributed by atoms with Gasteiger partial charge in [-0.15, -0.1) is 0 Å². The van der Waals surface area contributed by atoms with Crippen LogP contribution in [-0.2, 0) is 4.79 Å². The minimum absolute atomic E-state index is 0.101. The van der Waals surface area contributed by atoms with Gasteiger partial charge in [-0.3, -0.25) is 4.79 Å². The van der Waals surface area contributed by atoms with Crippen molar-refractivity contribution in [2.45, 2.75) is 84.7 Å². The van der Waals surface area contributed by atoms with E-state index < -0.39 is 11.6 Å². The molecule has 0 heterocycles. The van der Waals surface area contributed by atoms with E-state index in [0.717, 1.165) is 38.5 Å². The highest BCUT2D eigenvalue weighted by Crippen LogP contribution is 2.64. The molecule has 0 radical (unpaired) electrons. The molecular weight excluding hydrogens is 304 g/mol. The van der Waals surface area contributed by atoms with E-state index in [4.69, 9.17) is 5.11 Å². The molecule has 4 heteroatoms. The van der Waals surface area contributed by atoms with Crippen LogP contribution in [0.5, 0.6) is 0 Å². The fraction of sp³-hybridized carbons (Fsp3) is 0.950. The van der Waals surface area contributed by atoms with Crippen molar-refractivity contribution in [1.29, 1.82) is 0 Å². The summed E-state index contributed by atoms with van der Waals surface area (Å²) in [5.41, 5.74) is -1.11. The van der Waals surface area contributed by atoms with E-state index >= 15 is 0 Å². The first-order valence-electron chi connectivity index (χ1n) is 9.64. The number of aliphatic carboxylic acids is 1. The number of rotatable bonds is 6. The number of carboxylic acid groups (broad SMARTS) is 1. The summed E-state index contributed by atoms with van der Waals surface area (Å²) in [5.74, 6) is 0.409. The van der Waals surface area contributed by atoms with Gasteiger partial charge in [0.1, 0.15) is 0 Å². The maximum atomic E-state index is 11.1. The third-order valence-electron chi connectivity index (χ3n) is 7.89. The van der Waals surface area contributed by atoms with Crippen LogP contribution in [0.1, 0.15) is 79.1 Å². The molecule has 0 bridgehead atoms. The Hall–Kier alpha value is -0.610. The maximum Gasteiger partial charge on any atom is 0.303 e. The standard InChI is InChI=1S/C20H36O4/c1-14(12-17(22)23)7-10-18(3)15(2)8-11-19(4)16(18)6-5-9-20(19,24)13-21/h14-16,21,24H,5-13H2,1-4H3,(H,22,23). The summed E-state index contributed by atoms with van der Waals surface area (Å²) in [6, 6.07) is 0. The first kappa shape index (κ1) is 19.7. The lowest BCUT2D eigenvalue weighted by atomic mass is 9.43. The van der Waals surface area contributed by atoms with E-state index in [1.54, 1.807) is 0 Å². The predicted octanol–water partition coefficient (Wildman–Crippen LogP) is 3.84. The van der Waals surface area contributed by atoms with Gasteiger partial charge in [-0.05, 0) is 61.7 Å². The van der Waals surface area contributed by atoms with Gasteiger partial charge in [0.15, 0.2) is 0 Å². The van der Waals surface area contributed by atoms with E-state index in [1.807, 2.05) is 6.92 Å². The molecule has 2 rings (SSSR count). The zero-order valence-corrected chi connectivity index (χ0v) is 15.8. The van der Waals surface area contributed by atoms with Gasteiger partial charge < -0.3 is 15.3 Å². The van der Waals surface area contributed by atoms with Crippen LogP contribution >= 0.6 is 0 Å². The van der Waals surface area contributed by atoms with Crippen LogP contribution in [0.3, 0.4) is 0 Å². The molecule has 0 aliphatic heterocycles. The molecule has 2 aliphatic rings. The number of aliphatic hydroxyl groups excluding tert-OH is 1. The number of hydrogen-bond acceptors (Lipinski definition) is 3. The van der Waals surface area contributed by atoms with Crippen molar-refractivity contribution in [2.75, 3.05) is 6.61 Å². The summed E-state index contributed by atoms with van der Waals surface area (Å²) in [6.45, 7) is 8.71. The van der Waals surface area contributed by atoms with Crippen LogP contribution in [0.25, 0.3) is 0 Å². The number of aliphatic hydroxyl groups is 2. The molecule has 0 amide bonds. The normalized spacial score (nSPS) is 43.9. The van der Waals surface area contributed by atoms with Gasteiger partial charge in [0.25, 0.3) is 0 Å². The van der Waals surface area contributed by atoms with Gasteiger partial charge in [0.2, 0.25) is 0 Å². The van der Waals surface area contributed by atoms with E-state index in [-0.39, 0.29) is 29.8 Å². The molecule has 0 aromatic carbocycles. The van der Waals surface area contributed by atoms with E-state index in [2.05, 4.69) is 20.8 Å². The largest absolute Gasteiger partial charge is 0.481 e. The molecule has 0 saturated heterocycles. The molecule has 6 atom stereocenters. The van der Waals surface area contributed by atoms with Crippen molar-refractivity contribution in [3.8, 4) is 0 Å². The fourth-order valence-corrected chi connectivity index (χ4v) is 5.82. The number of carboxylic acids is 1. The Morgan fingerprint density at radius 2 is 1.92 bits per heavy atom. The first-order chi connectivity index (χ1) is 11.1. The smallest absolute Gasteiger partial charge is 0.303 e. The third-order valence-corrected chi connectivity index (χ3v) is 7.89. The number of carbonyl (C=O) groups is 1. The average Bonchev–Trinajstić information content (AvgIpc) is 2.51. The molecule has 140 valence electrons. The Labute approximate surface area is 146 Å². The predicted molar refractivity (Wildman–Crippen MR) is 94.6 cm³/mol. The molecule has 24 heavy (non-hydrogen) atoms. The van der Waals surface area contributed by atoms with Gasteiger partial charge in [-0.2, -0.15) is 0 Å². The molecule has 2 saturated carbocycles. The molecule has 6 unspecified atom stereocenters. The zero-order valence-electron chi connectivity index (χ0n) is 15.8. The highest BCUT2D eigenvalue weighted by atomic mass is 16.4. The Morgan fingerprint density at radius 3 is 2.50 bits per heavy atom. The monoisotopic (exact) mass is 340 g/mol. The Balaban J connectivity index is 2.22. The Morgan fingerprint density at radius 1 is 1.25 bits per heavy atom. The minimum atomic E-state index is -0.968. The van der Waals surface area contributed by atoms with Crippen LogP contribution in [0, 0.1) is 28.6 Å². The van der Waals surface area contributed by atoms with Gasteiger partial charge in [-0.25, -0.2) is 0 Å². The summed E-state index contributed by atoms with van der Waals surface area (Å²) in [7, 11) is 0. The summed E-state index contributed by atoms with van der Waals surface area (Å²) in [6.07, 6.45) is 6.94. The van der Waals surface area contributed by atoms with Crippen molar-refractivity contribution in [3.05, 3.63) is 0 Å². The molecule has 0 aromatic heterocycles. The second kappa shape index (κ2) is 6.95. The van der Waals surface area contributed by atoms with E-state index in [0.29, 0.717) is 18.3 Å². The lowest BCUT2D eigenvalue weighted by molar-refractivity contribution is -0.215. The molecule has 4 nitrogen and oxygen atoms in total. The van der Waals surface area contributed by atoms with Crippen LogP contribution in [-0.4, -0.2) is 33.5 Å². The van der Waals surface area contributed by atoms with Crippen molar-refractivity contribution in [3.63, 3.8) is 0 Å². The van der Waals surface area contributed by atoms with E-state index in [9.17, 15) is 15.0 Å². The maximum absolute atomic E-state index is 11.1. The topological polar surface area (TPSA) is 77.8 Å². The van der Waals surface area contributed by atoms with Gasteiger partial charge in [0, 0.05) is 11.8 Å². The molecule has 2 aliphatic carbocycles. The quantitative estimate of drug-likeness (QED) is 0.686. The van der Waals surface area contributed by atoms with Crippen LogP contribution in [0.4, 0.5) is 0 Å². The van der Waals surface area contributed by atoms with Gasteiger partial charge in [0.05, 0.1) is 12.2 Å². The summed E-state index contributed by atoms with van der Waals surface area (Å²) in [4.78, 5) is 10.9. The average molecular weight is 341 g/mol. The molecular formula is C20H36O4. The number of fused-ring (bicyclic) bond motifs is 1. The lowest BCUT2D eigenvalue weighted by Gasteiger charge is -2.63. The van der Waals surface area contributed by atoms with Crippen LogP contribution < -0.4 is 0 Å². The van der Waals surface area contributed by atoms with Crippen molar-refractivity contribution in [1.82, 2.24) is 0 Å². The highest BCUT2D eigenvalue weighted by molar-refractivity contribution is 5.66. The van der Waals surface area contributed by atoms with Crippen molar-refractivity contribution >= 4 is 5.97 Å². The molecule has 0 spiro atoms. The molecule has 3 N–H and O–H groups in total. The zero-order chi connectivity index (χ0) is 18.2. The lowest BCUT2D eigenvalue weighted by Crippen LogP contribution is -2.62. The second-order valence-electron chi connectivity index (χ2n) is 9.24. The third kappa shape index (κ3) is 3.24.